The van der Waals surface area contributed by atoms with Crippen LogP contribution in [0.4, 0.5) is 0 Å². The molecule has 2 rings (SSSR count). The minimum absolute atomic E-state index is 0.705. The molecule has 3 heteroatoms. The first-order valence-electron chi connectivity index (χ1n) is 4.15. The van der Waals surface area contributed by atoms with Crippen LogP contribution < -0.4 is 5.73 Å². The van der Waals surface area contributed by atoms with Gasteiger partial charge in [-0.1, -0.05) is 0 Å². The lowest BCUT2D eigenvalue weighted by atomic mass is 10.3. The van der Waals surface area contributed by atoms with E-state index < -0.39 is 0 Å². The number of imidazole rings is 1. The van der Waals surface area contributed by atoms with Crippen molar-refractivity contribution in [3.8, 4) is 0 Å². The third-order valence-electron chi connectivity index (χ3n) is 2.11. The van der Waals surface area contributed by atoms with Crippen molar-refractivity contribution in [3.63, 3.8) is 0 Å². The van der Waals surface area contributed by atoms with Crippen molar-refractivity contribution in [1.82, 2.24) is 9.55 Å². The molecule has 2 N–H and O–H groups in total. The molecule has 1 aliphatic heterocycles. The number of nitrogens with two attached hydrogens (primary N) is 1. The van der Waals surface area contributed by atoms with Crippen molar-refractivity contribution in [3.05, 3.63) is 17.7 Å². The summed E-state index contributed by atoms with van der Waals surface area (Å²) in [6.45, 7) is 1.85. The summed E-state index contributed by atoms with van der Waals surface area (Å²) in [7, 11) is 0. The molecular weight excluding hydrogens is 138 g/mol. The highest BCUT2D eigenvalue weighted by Crippen LogP contribution is 2.13. The maximum absolute atomic E-state index is 5.43. The minimum Gasteiger partial charge on any atom is -0.335 e. The van der Waals surface area contributed by atoms with E-state index in [2.05, 4.69) is 15.7 Å². The molecule has 2 heterocycles. The van der Waals surface area contributed by atoms with Gasteiger partial charge in [-0.25, -0.2) is 4.98 Å². The van der Waals surface area contributed by atoms with Gasteiger partial charge < -0.3 is 10.3 Å². The third-order valence-corrected chi connectivity index (χ3v) is 2.11. The second kappa shape index (κ2) is 2.66. The maximum atomic E-state index is 5.43. The number of hydrogen-bond acceptors (Lipinski definition) is 2. The van der Waals surface area contributed by atoms with Crippen LogP contribution >= 0.6 is 0 Å². The van der Waals surface area contributed by atoms with E-state index in [0.29, 0.717) is 6.54 Å². The molecular formula is C8H13N3. The molecule has 0 saturated carbocycles. The van der Waals surface area contributed by atoms with E-state index in [0.717, 1.165) is 25.1 Å². The molecule has 0 radical (unpaired) electrons. The van der Waals surface area contributed by atoms with Gasteiger partial charge in [0.1, 0.15) is 5.82 Å². The highest BCUT2D eigenvalue weighted by Gasteiger charge is 2.12. The zero-order valence-electron chi connectivity index (χ0n) is 6.58. The molecule has 0 saturated heterocycles. The summed E-state index contributed by atoms with van der Waals surface area (Å²) < 4.78 is 2.24. The monoisotopic (exact) mass is 151 g/mol. The van der Waals surface area contributed by atoms with Gasteiger partial charge in [0, 0.05) is 25.6 Å². The molecule has 1 aromatic heterocycles. The van der Waals surface area contributed by atoms with Crippen molar-refractivity contribution < 1.29 is 0 Å². The molecule has 0 bridgehead atoms. The summed E-state index contributed by atoms with van der Waals surface area (Å²) in [5.41, 5.74) is 6.58. The topological polar surface area (TPSA) is 43.8 Å². The quantitative estimate of drug-likeness (QED) is 0.662. The fourth-order valence-electron chi connectivity index (χ4n) is 1.58. The normalized spacial score (nSPS) is 15.4. The predicted molar refractivity (Wildman–Crippen MR) is 43.3 cm³/mol. The van der Waals surface area contributed by atoms with Crippen LogP contribution in [0.1, 0.15) is 17.9 Å². The Morgan fingerprint density at radius 1 is 1.64 bits per heavy atom. The first-order valence-corrected chi connectivity index (χ1v) is 4.15. The van der Waals surface area contributed by atoms with Crippen molar-refractivity contribution in [1.29, 1.82) is 0 Å². The largest absolute Gasteiger partial charge is 0.335 e. The molecule has 60 valence electrons. The molecule has 0 aliphatic carbocycles. The third kappa shape index (κ3) is 1.16. The van der Waals surface area contributed by atoms with Gasteiger partial charge in [0.05, 0.1) is 5.69 Å². The van der Waals surface area contributed by atoms with Gasteiger partial charge in [-0.2, -0.15) is 0 Å². The summed E-state index contributed by atoms with van der Waals surface area (Å²) in [6.07, 6.45) is 5.45. The average molecular weight is 151 g/mol. The molecule has 0 unspecified atom stereocenters. The van der Waals surface area contributed by atoms with E-state index in [1.807, 2.05) is 0 Å². The number of nitrogens with zero attached hydrogens (tertiary/aromatic N) is 2. The van der Waals surface area contributed by atoms with Gasteiger partial charge in [0.25, 0.3) is 0 Å². The van der Waals surface area contributed by atoms with Crippen LogP contribution in [0.3, 0.4) is 0 Å². The van der Waals surface area contributed by atoms with Crippen LogP contribution in [-0.4, -0.2) is 16.1 Å². The zero-order valence-corrected chi connectivity index (χ0v) is 6.58. The first kappa shape index (κ1) is 6.85. The van der Waals surface area contributed by atoms with Crippen LogP contribution in [0.5, 0.6) is 0 Å². The lowest BCUT2D eigenvalue weighted by Crippen LogP contribution is -2.03. The van der Waals surface area contributed by atoms with Crippen molar-refractivity contribution in [2.45, 2.75) is 25.8 Å². The van der Waals surface area contributed by atoms with Gasteiger partial charge in [-0.15, -0.1) is 0 Å². The predicted octanol–water partition coefficient (Wildman–Crippen LogP) is 0.330. The summed E-state index contributed by atoms with van der Waals surface area (Å²) in [5.74, 6) is 1.24. The fraction of sp³-hybridized carbons (Fsp3) is 0.625. The van der Waals surface area contributed by atoms with E-state index in [-0.39, 0.29) is 0 Å². The minimum atomic E-state index is 0.705. The summed E-state index contributed by atoms with van der Waals surface area (Å²) in [5, 5.41) is 0. The molecule has 0 atom stereocenters. The van der Waals surface area contributed by atoms with E-state index in [9.17, 15) is 0 Å². The Morgan fingerprint density at radius 3 is 3.27 bits per heavy atom. The Hall–Kier alpha value is -0.830. The van der Waals surface area contributed by atoms with Gasteiger partial charge in [-0.05, 0) is 13.0 Å². The van der Waals surface area contributed by atoms with Gasteiger partial charge >= 0.3 is 0 Å². The first-order chi connectivity index (χ1) is 5.40. The van der Waals surface area contributed by atoms with E-state index in [4.69, 9.17) is 5.73 Å². The standard InChI is InChI=1S/C8H13N3/c9-4-3-7-6-11-5-1-2-8(11)10-7/h6H,1-5,9H2. The number of aryl methyl sites for hydroxylation is 2. The second-order valence-electron chi connectivity index (χ2n) is 2.98. The zero-order chi connectivity index (χ0) is 7.68. The average Bonchev–Trinajstić information content (AvgIpc) is 2.46. The molecule has 0 fully saturated rings. The lowest BCUT2D eigenvalue weighted by molar-refractivity contribution is 0.745. The second-order valence-corrected chi connectivity index (χ2v) is 2.98. The van der Waals surface area contributed by atoms with Crippen molar-refractivity contribution in [2.24, 2.45) is 5.73 Å². The highest BCUT2D eigenvalue weighted by atomic mass is 15.1. The molecule has 0 aromatic carbocycles. The molecule has 1 aromatic rings. The van der Waals surface area contributed by atoms with Crippen molar-refractivity contribution in [2.75, 3.05) is 6.54 Å². The van der Waals surface area contributed by atoms with Crippen LogP contribution in [-0.2, 0) is 19.4 Å². The van der Waals surface area contributed by atoms with Crippen molar-refractivity contribution >= 4 is 0 Å². The number of hydrogen-bond donors (Lipinski definition) is 1. The van der Waals surface area contributed by atoms with Crippen LogP contribution in [0.25, 0.3) is 0 Å². The number of aromatic nitrogens is 2. The Kier molecular flexibility index (Phi) is 1.66. The maximum Gasteiger partial charge on any atom is 0.109 e. The highest BCUT2D eigenvalue weighted by molar-refractivity contribution is 5.07. The molecule has 11 heavy (non-hydrogen) atoms. The Morgan fingerprint density at radius 2 is 2.55 bits per heavy atom. The Bertz CT molecular complexity index is 230. The Balaban J connectivity index is 2.20. The van der Waals surface area contributed by atoms with Gasteiger partial charge in [-0.3, -0.25) is 0 Å². The van der Waals surface area contributed by atoms with E-state index in [1.54, 1.807) is 0 Å². The van der Waals surface area contributed by atoms with Crippen LogP contribution in [0.2, 0.25) is 0 Å². The fourth-order valence-corrected chi connectivity index (χ4v) is 1.58. The SMILES string of the molecule is NCCc1cn2c(n1)CCC2. The van der Waals surface area contributed by atoms with Gasteiger partial charge in [0.15, 0.2) is 0 Å². The van der Waals surface area contributed by atoms with E-state index in [1.165, 1.54) is 12.2 Å². The Labute approximate surface area is 66.2 Å². The lowest BCUT2D eigenvalue weighted by Gasteiger charge is -1.90. The smallest absolute Gasteiger partial charge is 0.109 e. The van der Waals surface area contributed by atoms with Crippen LogP contribution in [0, 0.1) is 0 Å². The summed E-state index contributed by atoms with van der Waals surface area (Å²) in [6, 6.07) is 0. The van der Waals surface area contributed by atoms with Gasteiger partial charge in [0.2, 0.25) is 0 Å². The molecule has 0 amide bonds. The number of fused-ring (bicyclic) bond motifs is 1. The van der Waals surface area contributed by atoms with Crippen LogP contribution in [0.15, 0.2) is 6.20 Å². The summed E-state index contributed by atoms with van der Waals surface area (Å²) in [4.78, 5) is 4.46. The summed E-state index contributed by atoms with van der Waals surface area (Å²) >= 11 is 0. The molecule has 1 aliphatic rings. The number of rotatable bonds is 2. The molecule has 0 spiro atoms. The van der Waals surface area contributed by atoms with E-state index >= 15 is 0 Å². The molecule has 3 nitrogen and oxygen atoms in total.